The van der Waals surface area contributed by atoms with E-state index in [2.05, 4.69) is 10.3 Å². The summed E-state index contributed by atoms with van der Waals surface area (Å²) in [6.07, 6.45) is 2.69. The number of thiazole rings is 1. The fraction of sp³-hybridized carbons (Fsp3) is 0.727. The van der Waals surface area contributed by atoms with Crippen LogP contribution in [-0.4, -0.2) is 29.3 Å². The maximum Gasteiger partial charge on any atom is 0.0954 e. The number of aliphatic hydroxyl groups is 1. The maximum atomic E-state index is 10.1. The molecule has 84 valence electrons. The van der Waals surface area contributed by atoms with Gasteiger partial charge in [-0.3, -0.25) is 0 Å². The van der Waals surface area contributed by atoms with E-state index in [0.29, 0.717) is 5.92 Å². The van der Waals surface area contributed by atoms with Crippen molar-refractivity contribution in [1.29, 1.82) is 0 Å². The quantitative estimate of drug-likeness (QED) is 0.818. The van der Waals surface area contributed by atoms with Gasteiger partial charge < -0.3 is 10.4 Å². The first-order chi connectivity index (χ1) is 7.25. The van der Waals surface area contributed by atoms with Gasteiger partial charge in [-0.1, -0.05) is 0 Å². The molecule has 1 unspecified atom stereocenters. The first-order valence-electron chi connectivity index (χ1n) is 5.55. The molecule has 1 aliphatic heterocycles. The van der Waals surface area contributed by atoms with E-state index in [0.717, 1.165) is 43.1 Å². The highest BCUT2D eigenvalue weighted by atomic mass is 32.1. The van der Waals surface area contributed by atoms with Gasteiger partial charge in [0.05, 0.1) is 11.1 Å². The van der Waals surface area contributed by atoms with Gasteiger partial charge in [-0.15, -0.1) is 11.3 Å². The van der Waals surface area contributed by atoms with Crippen molar-refractivity contribution in [1.82, 2.24) is 10.3 Å². The third kappa shape index (κ3) is 3.00. The second-order valence-corrected chi connectivity index (χ2v) is 5.18. The topological polar surface area (TPSA) is 45.1 Å². The Morgan fingerprint density at radius 1 is 1.60 bits per heavy atom. The Morgan fingerprint density at radius 2 is 2.33 bits per heavy atom. The normalized spacial score (nSPS) is 20.4. The number of aromatic nitrogens is 1. The third-order valence-corrected chi connectivity index (χ3v) is 3.97. The molecule has 2 N–H and O–H groups in total. The van der Waals surface area contributed by atoms with Gasteiger partial charge in [0.25, 0.3) is 0 Å². The molecule has 2 rings (SSSR count). The summed E-state index contributed by atoms with van der Waals surface area (Å²) in [4.78, 5) is 4.39. The van der Waals surface area contributed by atoms with E-state index in [4.69, 9.17) is 0 Å². The smallest absolute Gasteiger partial charge is 0.0954 e. The van der Waals surface area contributed by atoms with Crippen LogP contribution in [0.3, 0.4) is 0 Å². The second-order valence-electron chi connectivity index (χ2n) is 4.24. The Kier molecular flexibility index (Phi) is 3.72. The average Bonchev–Trinajstić information content (AvgIpc) is 2.65. The lowest BCUT2D eigenvalue weighted by atomic mass is 9.91. The number of piperidine rings is 1. The SMILES string of the molecule is Cc1csc(CC(O)C2CCNCC2)n1. The van der Waals surface area contributed by atoms with E-state index in [1.807, 2.05) is 12.3 Å². The molecule has 0 aliphatic carbocycles. The molecule has 4 heteroatoms. The standard InChI is InChI=1S/C11H18N2OS/c1-8-7-15-11(13-8)6-10(14)9-2-4-12-5-3-9/h7,9-10,12,14H,2-6H2,1H3. The molecule has 3 nitrogen and oxygen atoms in total. The Morgan fingerprint density at radius 3 is 2.93 bits per heavy atom. The van der Waals surface area contributed by atoms with Gasteiger partial charge in [-0.2, -0.15) is 0 Å². The van der Waals surface area contributed by atoms with Crippen LogP contribution in [0.15, 0.2) is 5.38 Å². The van der Waals surface area contributed by atoms with Gasteiger partial charge in [-0.25, -0.2) is 4.98 Å². The monoisotopic (exact) mass is 226 g/mol. The first kappa shape index (κ1) is 11.0. The summed E-state index contributed by atoms with van der Waals surface area (Å²) in [7, 11) is 0. The molecule has 0 bridgehead atoms. The maximum absolute atomic E-state index is 10.1. The van der Waals surface area contributed by atoms with E-state index in [-0.39, 0.29) is 6.10 Å². The fourth-order valence-electron chi connectivity index (χ4n) is 2.07. The lowest BCUT2D eigenvalue weighted by molar-refractivity contribution is 0.0890. The summed E-state index contributed by atoms with van der Waals surface area (Å²) >= 11 is 1.66. The molecule has 1 fully saturated rings. The molecular weight excluding hydrogens is 208 g/mol. The zero-order chi connectivity index (χ0) is 10.7. The van der Waals surface area contributed by atoms with Gasteiger partial charge >= 0.3 is 0 Å². The van der Waals surface area contributed by atoms with Crippen LogP contribution in [0.2, 0.25) is 0 Å². The molecule has 1 aromatic rings. The minimum absolute atomic E-state index is 0.211. The number of aryl methyl sites for hydroxylation is 1. The summed E-state index contributed by atoms with van der Waals surface area (Å²) in [5.74, 6) is 0.454. The lowest BCUT2D eigenvalue weighted by Gasteiger charge is -2.26. The Bertz CT molecular complexity index is 307. The molecule has 0 aromatic carbocycles. The van der Waals surface area contributed by atoms with Crippen molar-refractivity contribution in [2.45, 2.75) is 32.3 Å². The highest BCUT2D eigenvalue weighted by Gasteiger charge is 2.22. The molecule has 1 saturated heterocycles. The van der Waals surface area contributed by atoms with Gasteiger partial charge in [0.15, 0.2) is 0 Å². The molecule has 1 aromatic heterocycles. The molecule has 0 spiro atoms. The summed E-state index contributed by atoms with van der Waals surface area (Å²) < 4.78 is 0. The van der Waals surface area contributed by atoms with E-state index in [1.165, 1.54) is 0 Å². The number of nitrogens with one attached hydrogen (secondary N) is 1. The average molecular weight is 226 g/mol. The molecule has 1 atom stereocenters. The zero-order valence-electron chi connectivity index (χ0n) is 9.07. The van der Waals surface area contributed by atoms with Crippen molar-refractivity contribution in [2.24, 2.45) is 5.92 Å². The summed E-state index contributed by atoms with van der Waals surface area (Å²) in [5, 5.41) is 16.5. The Hall–Kier alpha value is -0.450. The number of rotatable bonds is 3. The minimum atomic E-state index is -0.211. The first-order valence-corrected chi connectivity index (χ1v) is 6.43. The molecule has 0 amide bonds. The third-order valence-electron chi connectivity index (χ3n) is 2.98. The van der Waals surface area contributed by atoms with Crippen LogP contribution in [-0.2, 0) is 6.42 Å². The van der Waals surface area contributed by atoms with Gasteiger partial charge in [0.2, 0.25) is 0 Å². The Balaban J connectivity index is 1.88. The van der Waals surface area contributed by atoms with E-state index in [9.17, 15) is 5.11 Å². The summed E-state index contributed by atoms with van der Waals surface area (Å²) in [6.45, 7) is 4.08. The fourth-order valence-corrected chi connectivity index (χ4v) is 2.89. The molecule has 2 heterocycles. The van der Waals surface area contributed by atoms with E-state index in [1.54, 1.807) is 11.3 Å². The van der Waals surface area contributed by atoms with E-state index < -0.39 is 0 Å². The van der Waals surface area contributed by atoms with Crippen molar-refractivity contribution in [2.75, 3.05) is 13.1 Å². The van der Waals surface area contributed by atoms with Crippen molar-refractivity contribution in [3.05, 3.63) is 16.1 Å². The van der Waals surface area contributed by atoms with Crippen LogP contribution in [0.5, 0.6) is 0 Å². The van der Waals surface area contributed by atoms with Crippen LogP contribution < -0.4 is 5.32 Å². The van der Waals surface area contributed by atoms with Crippen molar-refractivity contribution < 1.29 is 5.11 Å². The van der Waals surface area contributed by atoms with Crippen molar-refractivity contribution in [3.63, 3.8) is 0 Å². The highest BCUT2D eigenvalue weighted by Crippen LogP contribution is 2.21. The predicted molar refractivity (Wildman–Crippen MR) is 62.2 cm³/mol. The van der Waals surface area contributed by atoms with E-state index >= 15 is 0 Å². The van der Waals surface area contributed by atoms with Crippen molar-refractivity contribution >= 4 is 11.3 Å². The Labute approximate surface area is 94.5 Å². The lowest BCUT2D eigenvalue weighted by Crippen LogP contribution is -2.34. The van der Waals surface area contributed by atoms with Crippen molar-refractivity contribution in [3.8, 4) is 0 Å². The molecule has 1 aliphatic rings. The molecular formula is C11H18N2OS. The largest absolute Gasteiger partial charge is 0.392 e. The van der Waals surface area contributed by atoms with Gasteiger partial charge in [-0.05, 0) is 38.8 Å². The molecule has 0 saturated carbocycles. The van der Waals surface area contributed by atoms with Gasteiger partial charge in [0.1, 0.15) is 0 Å². The number of nitrogens with zero attached hydrogens (tertiary/aromatic N) is 1. The molecule has 0 radical (unpaired) electrons. The predicted octanol–water partition coefficient (Wildman–Crippen LogP) is 1.35. The summed E-state index contributed by atoms with van der Waals surface area (Å²) in [6, 6.07) is 0. The zero-order valence-corrected chi connectivity index (χ0v) is 9.89. The van der Waals surface area contributed by atoms with Crippen LogP contribution in [0.1, 0.15) is 23.5 Å². The van der Waals surface area contributed by atoms with Crippen LogP contribution in [0.25, 0.3) is 0 Å². The van der Waals surface area contributed by atoms with Gasteiger partial charge in [0, 0.05) is 17.5 Å². The van der Waals surface area contributed by atoms with Crippen LogP contribution >= 0.6 is 11.3 Å². The number of aliphatic hydroxyl groups excluding tert-OH is 1. The number of hydrogen-bond acceptors (Lipinski definition) is 4. The van der Waals surface area contributed by atoms with Crippen LogP contribution in [0.4, 0.5) is 0 Å². The summed E-state index contributed by atoms with van der Waals surface area (Å²) in [5.41, 5.74) is 1.06. The van der Waals surface area contributed by atoms with Crippen LogP contribution in [0, 0.1) is 12.8 Å². The second kappa shape index (κ2) is 5.05. The molecule has 15 heavy (non-hydrogen) atoms. The minimum Gasteiger partial charge on any atom is -0.392 e. The number of hydrogen-bond donors (Lipinski definition) is 2. The highest BCUT2D eigenvalue weighted by molar-refractivity contribution is 7.09.